The van der Waals surface area contributed by atoms with Crippen molar-refractivity contribution in [1.29, 1.82) is 0 Å². The van der Waals surface area contributed by atoms with E-state index in [2.05, 4.69) is 16.6 Å². The highest BCUT2D eigenvalue weighted by Crippen LogP contribution is 2.20. The molecular formula is C15H14FN3O2S. The third kappa shape index (κ3) is 3.20. The number of rotatable bonds is 4. The number of aromatic amines is 1. The number of aryl methyl sites for hydroxylation is 1. The van der Waals surface area contributed by atoms with Gasteiger partial charge in [-0.1, -0.05) is 12.1 Å². The van der Waals surface area contributed by atoms with E-state index in [0.29, 0.717) is 5.69 Å². The van der Waals surface area contributed by atoms with Crippen LogP contribution in [0.5, 0.6) is 5.88 Å². The molecule has 0 bridgehead atoms. The van der Waals surface area contributed by atoms with Crippen LogP contribution >= 0.6 is 12.2 Å². The molecule has 0 aliphatic carbocycles. The lowest BCUT2D eigenvalue weighted by Crippen LogP contribution is -2.18. The number of H-pyrrole nitrogens is 1. The van der Waals surface area contributed by atoms with Gasteiger partial charge in [-0.15, -0.1) is 6.58 Å². The van der Waals surface area contributed by atoms with Gasteiger partial charge in [-0.25, -0.2) is 4.39 Å². The molecule has 2 N–H and O–H groups in total. The molecule has 2 aromatic rings. The minimum absolute atomic E-state index is 0.0564. The Morgan fingerprint density at radius 3 is 2.95 bits per heavy atom. The molecule has 0 spiro atoms. The number of benzene rings is 1. The van der Waals surface area contributed by atoms with Gasteiger partial charge >= 0.3 is 0 Å². The van der Waals surface area contributed by atoms with Gasteiger partial charge in [0.2, 0.25) is 5.88 Å². The molecule has 22 heavy (non-hydrogen) atoms. The summed E-state index contributed by atoms with van der Waals surface area (Å²) in [4.78, 5) is 18.4. The molecule has 114 valence electrons. The fourth-order valence-corrected chi connectivity index (χ4v) is 2.10. The number of halogens is 1. The average molecular weight is 319 g/mol. The van der Waals surface area contributed by atoms with Gasteiger partial charge in [-0.3, -0.25) is 19.3 Å². The smallest absolute Gasteiger partial charge is 0.264 e. The van der Waals surface area contributed by atoms with Gasteiger partial charge in [0.15, 0.2) is 4.77 Å². The second-order valence-corrected chi connectivity index (χ2v) is 4.97. The van der Waals surface area contributed by atoms with Crippen LogP contribution in [0, 0.1) is 17.5 Å². The summed E-state index contributed by atoms with van der Waals surface area (Å²) in [6.07, 6.45) is 2.72. The van der Waals surface area contributed by atoms with Crippen molar-refractivity contribution >= 4 is 24.1 Å². The van der Waals surface area contributed by atoms with Gasteiger partial charge in [-0.05, 0) is 36.8 Å². The number of aromatic hydroxyl groups is 1. The van der Waals surface area contributed by atoms with Crippen LogP contribution in [0.4, 0.5) is 10.1 Å². The highest BCUT2D eigenvalue weighted by Gasteiger charge is 2.10. The summed E-state index contributed by atoms with van der Waals surface area (Å²) in [5, 5.41) is 10.1. The fourth-order valence-electron chi connectivity index (χ4n) is 1.85. The number of hydrogen-bond acceptors (Lipinski definition) is 4. The van der Waals surface area contributed by atoms with Crippen molar-refractivity contribution in [3.05, 3.63) is 62.9 Å². The lowest BCUT2D eigenvalue weighted by Gasteiger charge is -2.08. The summed E-state index contributed by atoms with van der Waals surface area (Å²) in [7, 11) is 0. The summed E-state index contributed by atoms with van der Waals surface area (Å²) in [6.45, 7) is 5.56. The molecule has 0 aliphatic heterocycles. The SMILES string of the molecule is C=CCn1c(O)c(C=Nc2cc(F)ccc2C)c(=O)[nH]c1=S. The average Bonchev–Trinajstić information content (AvgIpc) is 2.46. The molecule has 0 fully saturated rings. The fraction of sp³-hybridized carbons (Fsp3) is 0.133. The van der Waals surface area contributed by atoms with Crippen molar-refractivity contribution in [3.63, 3.8) is 0 Å². The van der Waals surface area contributed by atoms with Crippen LogP contribution in [-0.2, 0) is 6.54 Å². The first-order valence-electron chi connectivity index (χ1n) is 6.41. The number of aliphatic imine (C=N–C) groups is 1. The van der Waals surface area contributed by atoms with E-state index < -0.39 is 11.4 Å². The first kappa shape index (κ1) is 15.8. The number of aromatic nitrogens is 2. The lowest BCUT2D eigenvalue weighted by molar-refractivity contribution is 0.413. The van der Waals surface area contributed by atoms with E-state index in [4.69, 9.17) is 12.2 Å². The Labute approximate surface area is 131 Å². The molecule has 2 rings (SSSR count). The molecule has 1 heterocycles. The van der Waals surface area contributed by atoms with Gasteiger partial charge in [0.25, 0.3) is 5.56 Å². The van der Waals surface area contributed by atoms with Gasteiger partial charge in [0.1, 0.15) is 11.4 Å². The zero-order valence-corrected chi connectivity index (χ0v) is 12.7. The molecule has 0 atom stereocenters. The van der Waals surface area contributed by atoms with Crippen LogP contribution < -0.4 is 5.56 Å². The van der Waals surface area contributed by atoms with E-state index in [1.807, 2.05) is 0 Å². The minimum atomic E-state index is -0.569. The molecular weight excluding hydrogens is 305 g/mol. The molecule has 0 unspecified atom stereocenters. The standard InChI is InChI=1S/C15H14FN3O2S/c1-3-6-19-14(21)11(13(20)18-15(19)22)8-17-12-7-10(16)5-4-9(12)2/h3-5,7-8,21H,1,6H2,2H3,(H,18,20,22). The molecule has 5 nitrogen and oxygen atoms in total. The molecule has 1 aromatic carbocycles. The Morgan fingerprint density at radius 2 is 2.27 bits per heavy atom. The van der Waals surface area contributed by atoms with Crippen LogP contribution in [0.15, 0.2) is 40.6 Å². The summed E-state index contributed by atoms with van der Waals surface area (Å²) in [5.41, 5.74) is 0.490. The van der Waals surface area contributed by atoms with Crippen LogP contribution in [0.3, 0.4) is 0 Å². The summed E-state index contributed by atoms with van der Waals surface area (Å²) in [5.74, 6) is -0.745. The van der Waals surface area contributed by atoms with Gasteiger partial charge in [0.05, 0.1) is 5.69 Å². The van der Waals surface area contributed by atoms with E-state index in [1.54, 1.807) is 13.0 Å². The van der Waals surface area contributed by atoms with E-state index in [1.165, 1.54) is 29.0 Å². The molecule has 1 aromatic heterocycles. The van der Waals surface area contributed by atoms with Crippen LogP contribution in [-0.4, -0.2) is 20.9 Å². The Bertz CT molecular complexity index is 868. The summed E-state index contributed by atoms with van der Waals surface area (Å²) in [6, 6.07) is 4.15. The maximum Gasteiger partial charge on any atom is 0.264 e. The Balaban J connectivity index is 2.54. The monoisotopic (exact) mass is 319 g/mol. The predicted molar refractivity (Wildman–Crippen MR) is 86.1 cm³/mol. The van der Waals surface area contributed by atoms with Crippen molar-refractivity contribution in [3.8, 4) is 5.88 Å². The quantitative estimate of drug-likeness (QED) is 0.517. The van der Waals surface area contributed by atoms with Crippen LogP contribution in [0.25, 0.3) is 0 Å². The largest absolute Gasteiger partial charge is 0.494 e. The van der Waals surface area contributed by atoms with Crippen molar-refractivity contribution < 1.29 is 9.50 Å². The highest BCUT2D eigenvalue weighted by molar-refractivity contribution is 7.71. The van der Waals surface area contributed by atoms with Gasteiger partial charge in [0, 0.05) is 12.8 Å². The molecule has 0 aliphatic rings. The van der Waals surface area contributed by atoms with Crippen molar-refractivity contribution in [2.75, 3.05) is 0 Å². The second kappa shape index (κ2) is 6.48. The maximum absolute atomic E-state index is 13.2. The molecule has 0 saturated heterocycles. The normalized spacial score (nSPS) is 11.0. The second-order valence-electron chi connectivity index (χ2n) is 4.58. The number of nitrogens with zero attached hydrogens (tertiary/aromatic N) is 2. The highest BCUT2D eigenvalue weighted by atomic mass is 32.1. The Morgan fingerprint density at radius 1 is 1.55 bits per heavy atom. The molecule has 0 saturated carbocycles. The predicted octanol–water partition coefficient (Wildman–Crippen LogP) is 3.00. The topological polar surface area (TPSA) is 70.4 Å². The molecule has 0 amide bonds. The van der Waals surface area contributed by atoms with Gasteiger partial charge < -0.3 is 5.11 Å². The minimum Gasteiger partial charge on any atom is -0.494 e. The lowest BCUT2D eigenvalue weighted by atomic mass is 10.2. The number of nitrogens with one attached hydrogen (secondary N) is 1. The van der Waals surface area contributed by atoms with Crippen molar-refractivity contribution in [2.24, 2.45) is 4.99 Å². The molecule has 0 radical (unpaired) electrons. The van der Waals surface area contributed by atoms with E-state index in [-0.39, 0.29) is 22.8 Å². The van der Waals surface area contributed by atoms with E-state index >= 15 is 0 Å². The Kier molecular flexibility index (Phi) is 4.67. The third-order valence-corrected chi connectivity index (χ3v) is 3.34. The zero-order valence-electron chi connectivity index (χ0n) is 11.8. The first-order chi connectivity index (χ1) is 10.4. The van der Waals surface area contributed by atoms with Crippen LogP contribution in [0.1, 0.15) is 11.1 Å². The van der Waals surface area contributed by atoms with Crippen LogP contribution in [0.2, 0.25) is 0 Å². The number of hydrogen-bond donors (Lipinski definition) is 2. The zero-order chi connectivity index (χ0) is 16.3. The van der Waals surface area contributed by atoms with E-state index in [9.17, 15) is 14.3 Å². The molecule has 7 heteroatoms. The first-order valence-corrected chi connectivity index (χ1v) is 6.82. The van der Waals surface area contributed by atoms with Gasteiger partial charge in [-0.2, -0.15) is 0 Å². The maximum atomic E-state index is 13.2. The summed E-state index contributed by atoms with van der Waals surface area (Å²) >= 11 is 4.97. The summed E-state index contributed by atoms with van der Waals surface area (Å²) < 4.78 is 14.6. The van der Waals surface area contributed by atoms with Crippen molar-refractivity contribution in [1.82, 2.24) is 9.55 Å². The van der Waals surface area contributed by atoms with E-state index in [0.717, 1.165) is 5.56 Å². The van der Waals surface area contributed by atoms with Crippen molar-refractivity contribution in [2.45, 2.75) is 13.5 Å². The Hall–Kier alpha value is -2.54. The number of allylic oxidation sites excluding steroid dienone is 1. The third-order valence-electron chi connectivity index (χ3n) is 3.02.